The first kappa shape index (κ1) is 11.7. The lowest BCUT2D eigenvalue weighted by molar-refractivity contribution is 0.144. The lowest BCUT2D eigenvalue weighted by atomic mass is 10.1. The summed E-state index contributed by atoms with van der Waals surface area (Å²) in [7, 11) is 0. The van der Waals surface area contributed by atoms with E-state index in [0.717, 1.165) is 36.4 Å². The van der Waals surface area contributed by atoms with Gasteiger partial charge < -0.3 is 19.9 Å². The molecule has 98 valence electrons. The van der Waals surface area contributed by atoms with Crippen molar-refractivity contribution in [2.75, 3.05) is 12.1 Å². The van der Waals surface area contributed by atoms with Crippen molar-refractivity contribution in [2.45, 2.75) is 44.2 Å². The van der Waals surface area contributed by atoms with Crippen LogP contribution in [-0.2, 0) is 0 Å². The maximum absolute atomic E-state index is 10.1. The number of hydrogen-bond donors (Lipinski definition) is 2. The molecule has 0 aromatic heterocycles. The summed E-state index contributed by atoms with van der Waals surface area (Å²) in [5.41, 5.74) is 0.991. The van der Waals surface area contributed by atoms with Gasteiger partial charge in [-0.25, -0.2) is 0 Å². The maximum atomic E-state index is 10.1. The molecule has 1 aromatic rings. The fourth-order valence-electron chi connectivity index (χ4n) is 2.66. The molecule has 1 saturated carbocycles. The third-order valence-corrected chi connectivity index (χ3v) is 3.70. The molecule has 1 heterocycles. The Morgan fingerprint density at radius 3 is 2.83 bits per heavy atom. The van der Waals surface area contributed by atoms with Crippen LogP contribution in [0.15, 0.2) is 18.2 Å². The molecular weight excluding hydrogens is 230 g/mol. The minimum absolute atomic E-state index is 0.146. The fourth-order valence-corrected chi connectivity index (χ4v) is 2.66. The largest absolute Gasteiger partial charge is 0.454 e. The summed E-state index contributed by atoms with van der Waals surface area (Å²) in [4.78, 5) is 0. The number of fused-ring (bicyclic) bond motifs is 1. The van der Waals surface area contributed by atoms with E-state index in [2.05, 4.69) is 5.32 Å². The fraction of sp³-hybridized carbons (Fsp3) is 0.571. The second-order valence-electron chi connectivity index (χ2n) is 5.02. The Morgan fingerprint density at radius 1 is 1.06 bits per heavy atom. The molecule has 0 amide bonds. The number of nitrogens with one attached hydrogen (secondary N) is 1. The number of benzene rings is 1. The second-order valence-corrected chi connectivity index (χ2v) is 5.02. The smallest absolute Gasteiger partial charge is 0.231 e. The molecule has 2 aliphatic rings. The molecule has 1 aromatic carbocycles. The van der Waals surface area contributed by atoms with Crippen molar-refractivity contribution in [3.63, 3.8) is 0 Å². The van der Waals surface area contributed by atoms with Gasteiger partial charge in [0.25, 0.3) is 0 Å². The van der Waals surface area contributed by atoms with Crippen LogP contribution in [-0.4, -0.2) is 24.0 Å². The number of rotatable bonds is 2. The van der Waals surface area contributed by atoms with Crippen molar-refractivity contribution >= 4 is 5.69 Å². The zero-order valence-corrected chi connectivity index (χ0v) is 10.4. The van der Waals surface area contributed by atoms with Crippen molar-refractivity contribution in [2.24, 2.45) is 0 Å². The van der Waals surface area contributed by atoms with E-state index in [1.165, 1.54) is 12.8 Å². The van der Waals surface area contributed by atoms with E-state index in [1.54, 1.807) is 0 Å². The molecule has 0 bridgehead atoms. The van der Waals surface area contributed by atoms with E-state index in [1.807, 2.05) is 18.2 Å². The molecule has 1 aliphatic carbocycles. The molecule has 1 aliphatic heterocycles. The summed E-state index contributed by atoms with van der Waals surface area (Å²) >= 11 is 0. The molecule has 0 saturated heterocycles. The van der Waals surface area contributed by atoms with E-state index < -0.39 is 0 Å². The molecule has 2 atom stereocenters. The summed E-state index contributed by atoms with van der Waals surface area (Å²) in [6.45, 7) is 0.296. The molecule has 4 heteroatoms. The van der Waals surface area contributed by atoms with Crippen molar-refractivity contribution in [3.8, 4) is 11.5 Å². The van der Waals surface area contributed by atoms with E-state index in [-0.39, 0.29) is 12.1 Å². The number of ether oxygens (including phenoxy) is 2. The van der Waals surface area contributed by atoms with Gasteiger partial charge in [0, 0.05) is 11.8 Å². The topological polar surface area (TPSA) is 50.7 Å². The third-order valence-electron chi connectivity index (χ3n) is 3.70. The van der Waals surface area contributed by atoms with Crippen LogP contribution < -0.4 is 14.8 Å². The minimum Gasteiger partial charge on any atom is -0.454 e. The van der Waals surface area contributed by atoms with E-state index in [9.17, 15) is 5.11 Å². The average molecular weight is 249 g/mol. The number of anilines is 1. The van der Waals surface area contributed by atoms with Crippen molar-refractivity contribution in [1.82, 2.24) is 0 Å². The van der Waals surface area contributed by atoms with Crippen LogP contribution in [0.3, 0.4) is 0 Å². The molecule has 3 rings (SSSR count). The van der Waals surface area contributed by atoms with Crippen molar-refractivity contribution in [1.29, 1.82) is 0 Å². The Bertz CT molecular complexity index is 422. The standard InChI is InChI=1S/C14H19NO3/c16-12-5-3-1-2-4-11(12)15-10-6-7-13-14(8-10)18-9-17-13/h6-8,11-12,15-16H,1-5,9H2. The number of aliphatic hydroxyl groups excluding tert-OH is 1. The van der Waals surface area contributed by atoms with Crippen LogP contribution in [0.1, 0.15) is 32.1 Å². The monoisotopic (exact) mass is 249 g/mol. The van der Waals surface area contributed by atoms with Crippen LogP contribution in [0.5, 0.6) is 11.5 Å². The molecule has 0 spiro atoms. The van der Waals surface area contributed by atoms with Gasteiger partial charge in [-0.2, -0.15) is 0 Å². The van der Waals surface area contributed by atoms with E-state index in [4.69, 9.17) is 9.47 Å². The Morgan fingerprint density at radius 2 is 1.89 bits per heavy atom. The van der Waals surface area contributed by atoms with Crippen LogP contribution in [0.25, 0.3) is 0 Å². The summed E-state index contributed by atoms with van der Waals surface area (Å²) in [5.74, 6) is 1.57. The average Bonchev–Trinajstić information content (AvgIpc) is 2.75. The highest BCUT2D eigenvalue weighted by atomic mass is 16.7. The molecule has 4 nitrogen and oxygen atoms in total. The Hall–Kier alpha value is -1.42. The van der Waals surface area contributed by atoms with Crippen molar-refractivity contribution in [3.05, 3.63) is 18.2 Å². The normalized spacial score (nSPS) is 26.7. The first-order chi connectivity index (χ1) is 8.83. The van der Waals surface area contributed by atoms with Gasteiger partial charge >= 0.3 is 0 Å². The first-order valence-corrected chi connectivity index (χ1v) is 6.67. The maximum Gasteiger partial charge on any atom is 0.231 e. The van der Waals surface area contributed by atoms with Crippen LogP contribution in [0.4, 0.5) is 5.69 Å². The van der Waals surface area contributed by atoms with Crippen molar-refractivity contribution < 1.29 is 14.6 Å². The first-order valence-electron chi connectivity index (χ1n) is 6.67. The van der Waals surface area contributed by atoms with Gasteiger partial charge in [-0.15, -0.1) is 0 Å². The lowest BCUT2D eigenvalue weighted by Gasteiger charge is -2.23. The van der Waals surface area contributed by atoms with Gasteiger partial charge in [0.05, 0.1) is 12.1 Å². The molecule has 2 N–H and O–H groups in total. The molecule has 1 fully saturated rings. The van der Waals surface area contributed by atoms with Crippen LogP contribution in [0, 0.1) is 0 Å². The lowest BCUT2D eigenvalue weighted by Crippen LogP contribution is -2.32. The zero-order valence-electron chi connectivity index (χ0n) is 10.4. The Labute approximate surface area is 107 Å². The predicted octanol–water partition coefficient (Wildman–Crippen LogP) is 2.52. The summed E-state index contributed by atoms with van der Waals surface area (Å²) in [6, 6.07) is 5.98. The highest BCUT2D eigenvalue weighted by Crippen LogP contribution is 2.35. The van der Waals surface area contributed by atoms with Crippen LogP contribution >= 0.6 is 0 Å². The van der Waals surface area contributed by atoms with Gasteiger partial charge in [-0.05, 0) is 25.0 Å². The van der Waals surface area contributed by atoms with Gasteiger partial charge in [0.1, 0.15) is 0 Å². The summed E-state index contributed by atoms with van der Waals surface area (Å²) < 4.78 is 10.6. The zero-order chi connectivity index (χ0) is 12.4. The summed E-state index contributed by atoms with van der Waals surface area (Å²) in [6.07, 6.45) is 5.19. The summed E-state index contributed by atoms with van der Waals surface area (Å²) in [5, 5.41) is 13.5. The van der Waals surface area contributed by atoms with Gasteiger partial charge in [-0.1, -0.05) is 19.3 Å². The molecular formula is C14H19NO3. The highest BCUT2D eigenvalue weighted by Gasteiger charge is 2.22. The Kier molecular flexibility index (Phi) is 3.28. The Balaban J connectivity index is 1.71. The predicted molar refractivity (Wildman–Crippen MR) is 69.1 cm³/mol. The van der Waals surface area contributed by atoms with Gasteiger partial charge in [0.2, 0.25) is 6.79 Å². The quantitative estimate of drug-likeness (QED) is 0.791. The van der Waals surface area contributed by atoms with E-state index in [0.29, 0.717) is 6.79 Å². The minimum atomic E-state index is -0.252. The third kappa shape index (κ3) is 2.38. The van der Waals surface area contributed by atoms with Crippen LogP contribution in [0.2, 0.25) is 0 Å². The van der Waals surface area contributed by atoms with E-state index >= 15 is 0 Å². The molecule has 0 radical (unpaired) electrons. The number of hydrogen-bond acceptors (Lipinski definition) is 4. The second kappa shape index (κ2) is 5.06. The van der Waals surface area contributed by atoms with Gasteiger partial charge in [-0.3, -0.25) is 0 Å². The SMILES string of the molecule is OC1CCCCCC1Nc1ccc2c(c1)OCO2. The molecule has 2 unspecified atom stereocenters. The van der Waals surface area contributed by atoms with Gasteiger partial charge in [0.15, 0.2) is 11.5 Å². The molecule has 18 heavy (non-hydrogen) atoms. The number of aliphatic hydroxyl groups is 1. The highest BCUT2D eigenvalue weighted by molar-refractivity contribution is 5.56.